The van der Waals surface area contributed by atoms with E-state index in [2.05, 4.69) is 38.7 Å². The third-order valence-corrected chi connectivity index (χ3v) is 7.93. The molecule has 0 aliphatic carbocycles. The van der Waals surface area contributed by atoms with Gasteiger partial charge in [-0.15, -0.1) is 0 Å². The second kappa shape index (κ2) is 10.9. The molecule has 8 nitrogen and oxygen atoms in total. The van der Waals surface area contributed by atoms with Crippen molar-refractivity contribution in [1.29, 1.82) is 5.41 Å². The van der Waals surface area contributed by atoms with E-state index in [0.29, 0.717) is 18.1 Å². The maximum Gasteiger partial charge on any atom is 0.270 e. The van der Waals surface area contributed by atoms with E-state index in [1.165, 1.54) is 11.8 Å². The van der Waals surface area contributed by atoms with Gasteiger partial charge in [0.2, 0.25) is 0 Å². The van der Waals surface area contributed by atoms with E-state index in [1.54, 1.807) is 6.20 Å². The van der Waals surface area contributed by atoms with Gasteiger partial charge in [-0.2, -0.15) is 0 Å². The van der Waals surface area contributed by atoms with Gasteiger partial charge in [0.25, 0.3) is 5.91 Å². The van der Waals surface area contributed by atoms with Gasteiger partial charge in [-0.05, 0) is 48.4 Å². The summed E-state index contributed by atoms with van der Waals surface area (Å²) >= 11 is 6.34. The van der Waals surface area contributed by atoms with Crippen molar-refractivity contribution < 1.29 is 4.79 Å². The van der Waals surface area contributed by atoms with E-state index in [1.807, 2.05) is 46.8 Å². The number of aromatic nitrogens is 2. The lowest BCUT2D eigenvalue weighted by molar-refractivity contribution is 0.0737. The highest BCUT2D eigenvalue weighted by Crippen LogP contribution is 2.25. The van der Waals surface area contributed by atoms with Crippen molar-refractivity contribution >= 4 is 35.2 Å². The third kappa shape index (κ3) is 5.36. The van der Waals surface area contributed by atoms with Crippen LogP contribution in [0.3, 0.4) is 0 Å². The Morgan fingerprint density at radius 1 is 1.00 bits per heavy atom. The van der Waals surface area contributed by atoms with Crippen LogP contribution in [0.25, 0.3) is 0 Å². The lowest BCUT2D eigenvalue weighted by atomic mass is 10.1. The largest absolute Gasteiger partial charge is 0.368 e. The van der Waals surface area contributed by atoms with E-state index in [0.717, 1.165) is 74.3 Å². The minimum Gasteiger partial charge on any atom is -0.368 e. The fraction of sp³-hybridized carbons (Fsp3) is 0.393. The number of hydrogen-bond donors (Lipinski definition) is 1. The molecule has 2 aliphatic heterocycles. The van der Waals surface area contributed by atoms with E-state index in [9.17, 15) is 4.79 Å². The molecule has 2 aliphatic rings. The van der Waals surface area contributed by atoms with Gasteiger partial charge in [0.15, 0.2) is 0 Å². The molecule has 194 valence electrons. The van der Waals surface area contributed by atoms with Crippen molar-refractivity contribution in [3.8, 4) is 0 Å². The molecule has 2 fully saturated rings. The van der Waals surface area contributed by atoms with Crippen LogP contribution in [0.1, 0.15) is 27.3 Å². The number of nitrogens with one attached hydrogen (secondary N) is 1. The molecule has 0 bridgehead atoms. The summed E-state index contributed by atoms with van der Waals surface area (Å²) in [5, 5.41) is 8.19. The average molecular weight is 520 g/mol. The summed E-state index contributed by atoms with van der Waals surface area (Å²) in [6, 6.07) is 13.8. The number of halogens is 1. The highest BCUT2D eigenvalue weighted by molar-refractivity contribution is 6.32. The molecule has 0 saturated carbocycles. The summed E-state index contributed by atoms with van der Waals surface area (Å²) in [6.45, 7) is 9.47. The first-order valence-corrected chi connectivity index (χ1v) is 13.2. The standard InChI is InChI=1S/C28H34ClN7O/c1-21-23(20-33-9-11-35(12-10-33)27-25(29)7-4-8-31-27)18-26(32(21)2)28(37)36-15-13-34(14-16-36)24-6-3-5-22(17-24)19-30/h3-8,17-19,30H,9-16,20H2,1-2H3. The predicted molar refractivity (Wildman–Crippen MR) is 149 cm³/mol. The third-order valence-electron chi connectivity index (χ3n) is 7.63. The number of hydrogen-bond acceptors (Lipinski definition) is 6. The molecular formula is C28H34ClN7O. The van der Waals surface area contributed by atoms with Gasteiger partial charge in [-0.1, -0.05) is 23.7 Å². The second-order valence-corrected chi connectivity index (χ2v) is 10.2. The number of benzene rings is 1. The SMILES string of the molecule is Cc1c(CN2CCN(c3ncccc3Cl)CC2)cc(C(=O)N2CCN(c3cccc(C=N)c3)CC2)n1C. The molecule has 5 rings (SSSR count). The summed E-state index contributed by atoms with van der Waals surface area (Å²) in [5.74, 6) is 0.953. The van der Waals surface area contributed by atoms with Crippen molar-refractivity contribution in [1.82, 2.24) is 19.4 Å². The van der Waals surface area contributed by atoms with Crippen LogP contribution in [0.4, 0.5) is 11.5 Å². The molecule has 1 amide bonds. The predicted octanol–water partition coefficient (Wildman–Crippen LogP) is 3.66. The quantitative estimate of drug-likeness (QED) is 0.503. The number of amides is 1. The van der Waals surface area contributed by atoms with Gasteiger partial charge >= 0.3 is 0 Å². The maximum atomic E-state index is 13.5. The van der Waals surface area contributed by atoms with Crippen LogP contribution in [-0.2, 0) is 13.6 Å². The van der Waals surface area contributed by atoms with Crippen LogP contribution in [0, 0.1) is 12.3 Å². The van der Waals surface area contributed by atoms with Gasteiger partial charge < -0.3 is 24.7 Å². The minimum atomic E-state index is 0.0966. The van der Waals surface area contributed by atoms with E-state index >= 15 is 0 Å². The Labute approximate surface area is 223 Å². The number of piperazine rings is 2. The van der Waals surface area contributed by atoms with Crippen molar-refractivity contribution in [2.45, 2.75) is 13.5 Å². The molecule has 1 N–H and O–H groups in total. The first-order valence-electron chi connectivity index (χ1n) is 12.8. The van der Waals surface area contributed by atoms with Crippen molar-refractivity contribution in [2.24, 2.45) is 7.05 Å². The number of anilines is 2. The Morgan fingerprint density at radius 3 is 2.43 bits per heavy atom. The van der Waals surface area contributed by atoms with Crippen LogP contribution in [0.15, 0.2) is 48.7 Å². The number of carbonyl (C=O) groups excluding carboxylic acids is 1. The molecule has 9 heteroatoms. The normalized spacial score (nSPS) is 16.8. The molecule has 4 heterocycles. The van der Waals surface area contributed by atoms with E-state index in [-0.39, 0.29) is 5.91 Å². The summed E-state index contributed by atoms with van der Waals surface area (Å²) in [6.07, 6.45) is 3.16. The molecular weight excluding hydrogens is 486 g/mol. The Balaban J connectivity index is 1.19. The number of carbonyl (C=O) groups is 1. The monoisotopic (exact) mass is 519 g/mol. The Morgan fingerprint density at radius 2 is 1.73 bits per heavy atom. The summed E-state index contributed by atoms with van der Waals surface area (Å²) in [7, 11) is 1.99. The number of pyridine rings is 1. The molecule has 0 spiro atoms. The molecule has 0 radical (unpaired) electrons. The number of rotatable bonds is 6. The smallest absolute Gasteiger partial charge is 0.270 e. The summed E-state index contributed by atoms with van der Waals surface area (Å²) < 4.78 is 2.04. The molecule has 0 atom stereocenters. The minimum absolute atomic E-state index is 0.0966. The highest BCUT2D eigenvalue weighted by atomic mass is 35.5. The van der Waals surface area contributed by atoms with Crippen LogP contribution in [0.5, 0.6) is 0 Å². The van der Waals surface area contributed by atoms with Gasteiger partial charge in [0, 0.05) is 89.7 Å². The second-order valence-electron chi connectivity index (χ2n) is 9.79. The van der Waals surface area contributed by atoms with Gasteiger partial charge in [0.1, 0.15) is 11.5 Å². The first kappa shape index (κ1) is 25.3. The highest BCUT2D eigenvalue weighted by Gasteiger charge is 2.27. The van der Waals surface area contributed by atoms with Crippen molar-refractivity contribution in [3.63, 3.8) is 0 Å². The van der Waals surface area contributed by atoms with Crippen LogP contribution < -0.4 is 9.80 Å². The van der Waals surface area contributed by atoms with Crippen molar-refractivity contribution in [2.75, 3.05) is 62.2 Å². The molecule has 0 unspecified atom stereocenters. The fourth-order valence-corrected chi connectivity index (χ4v) is 5.48. The van der Waals surface area contributed by atoms with Crippen LogP contribution in [-0.4, -0.2) is 83.8 Å². The Hall–Kier alpha value is -3.36. The molecule has 2 saturated heterocycles. The molecule has 37 heavy (non-hydrogen) atoms. The Bertz CT molecular complexity index is 1270. The Kier molecular flexibility index (Phi) is 7.48. The summed E-state index contributed by atoms with van der Waals surface area (Å²) in [5.41, 5.74) is 5.10. The van der Waals surface area contributed by atoms with Gasteiger partial charge in [-0.3, -0.25) is 9.69 Å². The van der Waals surface area contributed by atoms with Gasteiger partial charge in [-0.25, -0.2) is 4.98 Å². The molecule has 1 aromatic carbocycles. The zero-order chi connectivity index (χ0) is 25.9. The van der Waals surface area contributed by atoms with Crippen LogP contribution >= 0.6 is 11.6 Å². The zero-order valence-electron chi connectivity index (χ0n) is 21.5. The molecule has 3 aromatic rings. The van der Waals surface area contributed by atoms with E-state index in [4.69, 9.17) is 17.0 Å². The first-order chi connectivity index (χ1) is 17.9. The van der Waals surface area contributed by atoms with Gasteiger partial charge in [0.05, 0.1) is 5.02 Å². The van der Waals surface area contributed by atoms with Crippen molar-refractivity contribution in [3.05, 3.63) is 76.2 Å². The lowest BCUT2D eigenvalue weighted by Gasteiger charge is -2.36. The number of nitrogens with zero attached hydrogens (tertiary/aromatic N) is 6. The lowest BCUT2D eigenvalue weighted by Crippen LogP contribution is -2.49. The molecule has 2 aromatic heterocycles. The zero-order valence-corrected chi connectivity index (χ0v) is 22.3. The summed E-state index contributed by atoms with van der Waals surface area (Å²) in [4.78, 5) is 26.9. The average Bonchev–Trinajstić information content (AvgIpc) is 3.22. The topological polar surface area (TPSA) is 71.7 Å². The van der Waals surface area contributed by atoms with E-state index < -0.39 is 0 Å². The maximum absolute atomic E-state index is 13.5. The fourth-order valence-electron chi connectivity index (χ4n) is 5.24. The van der Waals surface area contributed by atoms with Crippen LogP contribution in [0.2, 0.25) is 5.02 Å².